The third-order valence-corrected chi connectivity index (χ3v) is 4.46. The zero-order chi connectivity index (χ0) is 15.5. The largest absolute Gasteiger partial charge is 0.353 e. The van der Waals surface area contributed by atoms with Crippen LogP contribution in [-0.4, -0.2) is 54.0 Å². The Kier molecular flexibility index (Phi) is 6.62. The molecule has 8 heteroatoms. The molecule has 2 heterocycles. The first-order valence-corrected chi connectivity index (χ1v) is 7.66. The Morgan fingerprint density at radius 3 is 2.55 bits per heavy atom. The summed E-state index contributed by atoms with van der Waals surface area (Å²) in [6.45, 7) is 5.02. The van der Waals surface area contributed by atoms with Crippen molar-refractivity contribution >= 4 is 30.3 Å². The Morgan fingerprint density at radius 1 is 1.36 bits per heavy atom. The molecule has 0 aromatic rings. The molecule has 0 bridgehead atoms. The van der Waals surface area contributed by atoms with Gasteiger partial charge in [-0.3, -0.25) is 14.5 Å². The molecule has 22 heavy (non-hydrogen) atoms. The number of amides is 4. The third-order valence-electron chi connectivity index (χ3n) is 4.46. The average Bonchev–Trinajstić information content (AvgIpc) is 3.07. The lowest BCUT2D eigenvalue weighted by molar-refractivity contribution is -0.135. The van der Waals surface area contributed by atoms with Gasteiger partial charge in [-0.1, -0.05) is 13.8 Å². The maximum atomic E-state index is 12.3. The lowest BCUT2D eigenvalue weighted by Crippen LogP contribution is -2.47. The normalized spacial score (nSPS) is 23.2. The molecule has 126 valence electrons. The van der Waals surface area contributed by atoms with Gasteiger partial charge < -0.3 is 16.0 Å². The molecule has 0 aromatic heterocycles. The smallest absolute Gasteiger partial charge is 0.325 e. The highest BCUT2D eigenvalue weighted by Gasteiger charge is 2.49. The first-order valence-electron chi connectivity index (χ1n) is 7.66. The van der Waals surface area contributed by atoms with E-state index in [4.69, 9.17) is 0 Å². The van der Waals surface area contributed by atoms with Gasteiger partial charge in [0.1, 0.15) is 12.1 Å². The number of hydrogen-bond donors (Lipinski definition) is 3. The van der Waals surface area contributed by atoms with Crippen LogP contribution in [0.4, 0.5) is 4.79 Å². The molecule has 3 N–H and O–H groups in total. The minimum absolute atomic E-state index is 0. The molecule has 2 aliphatic rings. The number of carbonyl (C=O) groups excluding carboxylic acids is 3. The molecule has 0 radical (unpaired) electrons. The monoisotopic (exact) mass is 332 g/mol. The van der Waals surface area contributed by atoms with Crippen molar-refractivity contribution in [3.05, 3.63) is 0 Å². The molecule has 4 amide bonds. The zero-order valence-electron chi connectivity index (χ0n) is 13.1. The van der Waals surface area contributed by atoms with Crippen LogP contribution in [0, 0.1) is 0 Å². The van der Waals surface area contributed by atoms with Crippen molar-refractivity contribution in [2.24, 2.45) is 0 Å². The zero-order valence-corrected chi connectivity index (χ0v) is 13.9. The van der Waals surface area contributed by atoms with E-state index in [1.165, 1.54) is 0 Å². The maximum absolute atomic E-state index is 12.3. The van der Waals surface area contributed by atoms with Crippen LogP contribution in [0.25, 0.3) is 0 Å². The number of carbonyl (C=O) groups is 3. The van der Waals surface area contributed by atoms with Crippen LogP contribution in [-0.2, 0) is 9.59 Å². The van der Waals surface area contributed by atoms with Crippen LogP contribution in [0.15, 0.2) is 0 Å². The van der Waals surface area contributed by atoms with Crippen molar-refractivity contribution in [1.29, 1.82) is 0 Å². The van der Waals surface area contributed by atoms with Crippen molar-refractivity contribution in [2.45, 2.75) is 51.1 Å². The molecule has 7 nitrogen and oxygen atoms in total. The lowest BCUT2D eigenvalue weighted by Gasteiger charge is -2.23. The summed E-state index contributed by atoms with van der Waals surface area (Å²) in [5, 5.41) is 8.77. The van der Waals surface area contributed by atoms with Crippen molar-refractivity contribution in [3.8, 4) is 0 Å². The summed E-state index contributed by atoms with van der Waals surface area (Å²) >= 11 is 0. The number of hydrogen-bond acceptors (Lipinski definition) is 4. The van der Waals surface area contributed by atoms with Gasteiger partial charge in [-0.2, -0.15) is 0 Å². The van der Waals surface area contributed by atoms with Crippen LogP contribution >= 0.6 is 12.4 Å². The van der Waals surface area contributed by atoms with Gasteiger partial charge in [0.15, 0.2) is 0 Å². The van der Waals surface area contributed by atoms with Crippen molar-refractivity contribution in [3.63, 3.8) is 0 Å². The molecule has 0 spiro atoms. The highest BCUT2D eigenvalue weighted by molar-refractivity contribution is 6.08. The second-order valence-electron chi connectivity index (χ2n) is 5.71. The fourth-order valence-electron chi connectivity index (χ4n) is 2.92. The first kappa shape index (κ1) is 18.7. The van der Waals surface area contributed by atoms with E-state index in [0.29, 0.717) is 25.4 Å². The number of urea groups is 1. The molecule has 2 rings (SSSR count). The molecule has 2 fully saturated rings. The summed E-state index contributed by atoms with van der Waals surface area (Å²) < 4.78 is 0. The molecule has 0 aliphatic carbocycles. The minimum Gasteiger partial charge on any atom is -0.353 e. The average molecular weight is 333 g/mol. The van der Waals surface area contributed by atoms with Gasteiger partial charge in [-0.05, 0) is 32.2 Å². The number of nitrogens with zero attached hydrogens (tertiary/aromatic N) is 1. The summed E-state index contributed by atoms with van der Waals surface area (Å²) in [5.74, 6) is -0.596. The van der Waals surface area contributed by atoms with E-state index in [9.17, 15) is 14.4 Å². The van der Waals surface area contributed by atoms with Gasteiger partial charge in [-0.25, -0.2) is 4.79 Å². The summed E-state index contributed by atoms with van der Waals surface area (Å²) in [5.41, 5.74) is -0.843. The van der Waals surface area contributed by atoms with Crippen molar-refractivity contribution in [2.75, 3.05) is 19.6 Å². The Labute approximate surface area is 137 Å². The van der Waals surface area contributed by atoms with Gasteiger partial charge in [0, 0.05) is 12.6 Å². The fraction of sp³-hybridized carbons (Fsp3) is 0.786. The van der Waals surface area contributed by atoms with Gasteiger partial charge in [-0.15, -0.1) is 12.4 Å². The number of rotatable bonds is 6. The summed E-state index contributed by atoms with van der Waals surface area (Å²) in [6, 6.07) is -0.180. The summed E-state index contributed by atoms with van der Waals surface area (Å²) in [7, 11) is 0. The topological polar surface area (TPSA) is 90.5 Å². The van der Waals surface area contributed by atoms with Gasteiger partial charge in [0.2, 0.25) is 5.91 Å². The lowest BCUT2D eigenvalue weighted by atomic mass is 9.93. The van der Waals surface area contributed by atoms with Gasteiger partial charge >= 0.3 is 6.03 Å². The highest BCUT2D eigenvalue weighted by atomic mass is 35.5. The minimum atomic E-state index is -0.843. The molecule has 1 atom stereocenters. The standard InChI is InChI=1S/C14H24N4O3.ClH/c1-3-14(4-2)12(20)18(13(21)17-14)9-11(19)16-8-10-6-5-7-15-10;/h10,15H,3-9H2,1-2H3,(H,16,19)(H,17,21);1H. The Bertz CT molecular complexity index is 434. The number of nitrogens with one attached hydrogen (secondary N) is 3. The van der Waals surface area contributed by atoms with E-state index in [2.05, 4.69) is 16.0 Å². The van der Waals surface area contributed by atoms with Crippen LogP contribution in [0.3, 0.4) is 0 Å². The third kappa shape index (κ3) is 3.70. The summed E-state index contributed by atoms with van der Waals surface area (Å²) in [6.07, 6.45) is 3.21. The molecule has 0 aromatic carbocycles. The first-order chi connectivity index (χ1) is 10.0. The Morgan fingerprint density at radius 2 is 2.05 bits per heavy atom. The maximum Gasteiger partial charge on any atom is 0.325 e. The van der Waals surface area contributed by atoms with E-state index in [1.807, 2.05) is 13.8 Å². The second-order valence-corrected chi connectivity index (χ2v) is 5.71. The Hall–Kier alpha value is -1.34. The quantitative estimate of drug-likeness (QED) is 0.614. The van der Waals surface area contributed by atoms with Crippen LogP contribution in [0.2, 0.25) is 0 Å². The van der Waals surface area contributed by atoms with Crippen LogP contribution in [0.1, 0.15) is 39.5 Å². The summed E-state index contributed by atoms with van der Waals surface area (Å²) in [4.78, 5) is 37.2. The van der Waals surface area contributed by atoms with E-state index in [1.54, 1.807) is 0 Å². The van der Waals surface area contributed by atoms with Crippen LogP contribution < -0.4 is 16.0 Å². The van der Waals surface area contributed by atoms with Crippen molar-refractivity contribution in [1.82, 2.24) is 20.9 Å². The van der Waals surface area contributed by atoms with E-state index in [-0.39, 0.29) is 30.8 Å². The number of halogens is 1. The second kappa shape index (κ2) is 7.78. The molecular formula is C14H25ClN4O3. The highest BCUT2D eigenvalue weighted by Crippen LogP contribution is 2.24. The molecule has 2 aliphatic heterocycles. The predicted octanol–water partition coefficient (Wildman–Crippen LogP) is 0.387. The van der Waals surface area contributed by atoms with Crippen molar-refractivity contribution < 1.29 is 14.4 Å². The number of imide groups is 1. The SMILES string of the molecule is CCC1(CC)NC(=O)N(CC(=O)NCC2CCCN2)C1=O.Cl. The van der Waals surface area contributed by atoms with Gasteiger partial charge in [0.25, 0.3) is 5.91 Å². The molecule has 2 saturated heterocycles. The fourth-order valence-corrected chi connectivity index (χ4v) is 2.92. The molecular weight excluding hydrogens is 308 g/mol. The van der Waals surface area contributed by atoms with Gasteiger partial charge in [0.05, 0.1) is 0 Å². The van der Waals surface area contributed by atoms with E-state index < -0.39 is 11.6 Å². The molecule has 0 saturated carbocycles. The van der Waals surface area contributed by atoms with E-state index in [0.717, 1.165) is 24.3 Å². The Balaban J connectivity index is 0.00000242. The van der Waals surface area contributed by atoms with E-state index >= 15 is 0 Å². The molecule has 1 unspecified atom stereocenters. The van der Waals surface area contributed by atoms with Crippen LogP contribution in [0.5, 0.6) is 0 Å². The predicted molar refractivity (Wildman–Crippen MR) is 84.8 cm³/mol.